The minimum atomic E-state index is -0.554. The van der Waals surface area contributed by atoms with E-state index in [-0.39, 0.29) is 12.1 Å². The van der Waals surface area contributed by atoms with Crippen molar-refractivity contribution in [3.63, 3.8) is 0 Å². The quantitative estimate of drug-likeness (QED) is 0.914. The van der Waals surface area contributed by atoms with E-state index in [0.717, 1.165) is 5.56 Å². The van der Waals surface area contributed by atoms with Crippen LogP contribution in [-0.4, -0.2) is 18.5 Å². The Morgan fingerprint density at radius 3 is 2.14 bits per heavy atom. The van der Waals surface area contributed by atoms with Gasteiger partial charge < -0.3 is 5.73 Å². The van der Waals surface area contributed by atoms with Crippen molar-refractivity contribution >= 4 is 0 Å². The number of nitrogens with zero attached hydrogens (tertiary/aromatic N) is 1. The fourth-order valence-corrected chi connectivity index (χ4v) is 2.44. The minimum Gasteiger partial charge on any atom is -0.329 e. The molecule has 0 fully saturated rings. The molecule has 0 radical (unpaired) electrons. The molecule has 4 heteroatoms. The zero-order valence-electron chi connectivity index (χ0n) is 12.3. The lowest BCUT2D eigenvalue weighted by Gasteiger charge is -2.28. The maximum atomic E-state index is 13.9. The highest BCUT2D eigenvalue weighted by Gasteiger charge is 2.22. The average Bonchev–Trinajstić information content (AvgIpc) is 2.45. The van der Waals surface area contributed by atoms with E-state index in [1.807, 2.05) is 43.1 Å². The fraction of sp³-hybridized carbons (Fsp3) is 0.294. The maximum absolute atomic E-state index is 13.9. The second kappa shape index (κ2) is 6.78. The van der Waals surface area contributed by atoms with Gasteiger partial charge in [-0.25, -0.2) is 8.78 Å². The van der Waals surface area contributed by atoms with E-state index in [9.17, 15) is 8.78 Å². The number of hydrogen-bond donors (Lipinski definition) is 1. The summed E-state index contributed by atoms with van der Waals surface area (Å²) in [5, 5.41) is 0. The van der Waals surface area contributed by atoms with Gasteiger partial charge in [-0.1, -0.05) is 35.9 Å². The highest BCUT2D eigenvalue weighted by atomic mass is 19.1. The summed E-state index contributed by atoms with van der Waals surface area (Å²) in [5.74, 6) is -1.11. The van der Waals surface area contributed by atoms with Crippen molar-refractivity contribution in [3.05, 3.63) is 70.8 Å². The van der Waals surface area contributed by atoms with E-state index >= 15 is 0 Å². The highest BCUT2D eigenvalue weighted by molar-refractivity contribution is 5.25. The Balaban J connectivity index is 2.22. The number of benzene rings is 2. The molecule has 0 amide bonds. The van der Waals surface area contributed by atoms with Crippen LogP contribution >= 0.6 is 0 Å². The first-order valence-electron chi connectivity index (χ1n) is 6.92. The summed E-state index contributed by atoms with van der Waals surface area (Å²) in [6.07, 6.45) is 0. The van der Waals surface area contributed by atoms with Crippen molar-refractivity contribution in [1.82, 2.24) is 4.90 Å². The summed E-state index contributed by atoms with van der Waals surface area (Å²) in [6, 6.07) is 11.5. The van der Waals surface area contributed by atoms with Crippen molar-refractivity contribution in [2.45, 2.75) is 19.5 Å². The fourth-order valence-electron chi connectivity index (χ4n) is 2.44. The third-order valence-corrected chi connectivity index (χ3v) is 3.64. The first-order chi connectivity index (χ1) is 10.0. The van der Waals surface area contributed by atoms with Gasteiger partial charge in [-0.05, 0) is 31.7 Å². The molecule has 2 aromatic carbocycles. The van der Waals surface area contributed by atoms with Crippen LogP contribution in [0.1, 0.15) is 22.7 Å². The third kappa shape index (κ3) is 3.65. The second-order valence-corrected chi connectivity index (χ2v) is 5.29. The molecule has 21 heavy (non-hydrogen) atoms. The van der Waals surface area contributed by atoms with Crippen LogP contribution in [0.5, 0.6) is 0 Å². The molecule has 2 aromatic rings. The molecule has 2 N–H and O–H groups in total. The molecule has 0 saturated heterocycles. The number of hydrogen-bond acceptors (Lipinski definition) is 2. The SMILES string of the molecule is Cc1ccc(CN(C)C(CN)c2c(F)cccc2F)cc1. The van der Waals surface area contributed by atoms with Gasteiger partial charge in [-0.2, -0.15) is 0 Å². The van der Waals surface area contributed by atoms with Crippen LogP contribution in [0, 0.1) is 18.6 Å². The van der Waals surface area contributed by atoms with E-state index in [1.165, 1.54) is 23.8 Å². The minimum absolute atomic E-state index is 0.0367. The zero-order valence-corrected chi connectivity index (χ0v) is 12.3. The molecule has 0 bridgehead atoms. The molecule has 0 aliphatic rings. The van der Waals surface area contributed by atoms with Gasteiger partial charge in [0.05, 0.1) is 6.04 Å². The monoisotopic (exact) mass is 290 g/mol. The summed E-state index contributed by atoms with van der Waals surface area (Å²) in [5.41, 5.74) is 8.04. The number of aryl methyl sites for hydroxylation is 1. The molecule has 0 heterocycles. The van der Waals surface area contributed by atoms with Crippen molar-refractivity contribution in [1.29, 1.82) is 0 Å². The van der Waals surface area contributed by atoms with Crippen LogP contribution in [0.3, 0.4) is 0 Å². The highest BCUT2D eigenvalue weighted by Crippen LogP contribution is 2.25. The smallest absolute Gasteiger partial charge is 0.130 e. The molecule has 1 unspecified atom stereocenters. The van der Waals surface area contributed by atoms with Crippen molar-refractivity contribution in [2.24, 2.45) is 5.73 Å². The van der Waals surface area contributed by atoms with Crippen LogP contribution in [0.4, 0.5) is 8.78 Å². The Hall–Kier alpha value is -1.78. The topological polar surface area (TPSA) is 29.3 Å². The van der Waals surface area contributed by atoms with E-state index in [0.29, 0.717) is 6.54 Å². The van der Waals surface area contributed by atoms with E-state index in [1.54, 1.807) is 0 Å². The van der Waals surface area contributed by atoms with Gasteiger partial charge in [0.15, 0.2) is 0 Å². The van der Waals surface area contributed by atoms with Crippen LogP contribution < -0.4 is 5.73 Å². The summed E-state index contributed by atoms with van der Waals surface area (Å²) < 4.78 is 27.8. The van der Waals surface area contributed by atoms with Gasteiger partial charge in [-0.15, -0.1) is 0 Å². The molecule has 0 aromatic heterocycles. The standard InChI is InChI=1S/C17H20F2N2/c1-12-6-8-13(9-7-12)11-21(2)16(10-20)17-14(18)4-3-5-15(17)19/h3-9,16H,10-11,20H2,1-2H3. The Bertz CT molecular complexity index is 576. The average molecular weight is 290 g/mol. The van der Waals surface area contributed by atoms with Crippen LogP contribution in [0.2, 0.25) is 0 Å². The molecule has 2 nitrogen and oxygen atoms in total. The largest absolute Gasteiger partial charge is 0.329 e. The molecule has 112 valence electrons. The van der Waals surface area contributed by atoms with Gasteiger partial charge in [0.2, 0.25) is 0 Å². The number of likely N-dealkylation sites (N-methyl/N-ethyl adjacent to an activating group) is 1. The van der Waals surface area contributed by atoms with Gasteiger partial charge >= 0.3 is 0 Å². The Morgan fingerprint density at radius 2 is 1.62 bits per heavy atom. The van der Waals surface area contributed by atoms with Gasteiger partial charge in [0.25, 0.3) is 0 Å². The summed E-state index contributed by atoms with van der Waals surface area (Å²) in [4.78, 5) is 1.87. The van der Waals surface area contributed by atoms with E-state index in [4.69, 9.17) is 5.73 Å². The van der Waals surface area contributed by atoms with Crippen LogP contribution in [-0.2, 0) is 6.54 Å². The zero-order chi connectivity index (χ0) is 15.4. The first-order valence-corrected chi connectivity index (χ1v) is 6.92. The Labute approximate surface area is 124 Å². The second-order valence-electron chi connectivity index (χ2n) is 5.29. The lowest BCUT2D eigenvalue weighted by atomic mass is 10.0. The lowest BCUT2D eigenvalue weighted by Crippen LogP contribution is -2.31. The third-order valence-electron chi connectivity index (χ3n) is 3.64. The Kier molecular flexibility index (Phi) is 5.04. The number of rotatable bonds is 5. The van der Waals surface area contributed by atoms with E-state index in [2.05, 4.69) is 0 Å². The van der Waals surface area contributed by atoms with Crippen molar-refractivity contribution in [2.75, 3.05) is 13.6 Å². The predicted octanol–water partition coefficient (Wildman–Crippen LogP) is 3.41. The van der Waals surface area contributed by atoms with Gasteiger partial charge in [0, 0.05) is 18.7 Å². The molecule has 1 atom stereocenters. The summed E-state index contributed by atoms with van der Waals surface area (Å²) in [7, 11) is 1.82. The molecular formula is C17H20F2N2. The molecule has 0 aliphatic heterocycles. The molecular weight excluding hydrogens is 270 g/mol. The van der Waals surface area contributed by atoms with Crippen LogP contribution in [0.15, 0.2) is 42.5 Å². The van der Waals surface area contributed by atoms with Crippen molar-refractivity contribution < 1.29 is 8.78 Å². The lowest BCUT2D eigenvalue weighted by molar-refractivity contribution is 0.231. The Morgan fingerprint density at radius 1 is 1.05 bits per heavy atom. The number of halogens is 2. The van der Waals surface area contributed by atoms with Gasteiger partial charge in [-0.3, -0.25) is 4.90 Å². The normalized spacial score (nSPS) is 12.7. The summed E-state index contributed by atoms with van der Waals surface area (Å²) in [6.45, 7) is 2.75. The van der Waals surface area contributed by atoms with Crippen molar-refractivity contribution in [3.8, 4) is 0 Å². The molecule has 0 aliphatic carbocycles. The first kappa shape index (κ1) is 15.6. The molecule has 0 saturated carbocycles. The molecule has 0 spiro atoms. The summed E-state index contributed by atoms with van der Waals surface area (Å²) >= 11 is 0. The maximum Gasteiger partial charge on any atom is 0.130 e. The van der Waals surface area contributed by atoms with E-state index < -0.39 is 17.7 Å². The number of nitrogens with two attached hydrogens (primary N) is 1. The van der Waals surface area contributed by atoms with Gasteiger partial charge in [0.1, 0.15) is 11.6 Å². The van der Waals surface area contributed by atoms with Crippen LogP contribution in [0.25, 0.3) is 0 Å². The molecule has 2 rings (SSSR count). The predicted molar refractivity (Wildman–Crippen MR) is 80.8 cm³/mol.